The molecule has 1 aromatic rings. The number of ether oxygens (including phenoxy) is 2. The lowest BCUT2D eigenvalue weighted by atomic mass is 9.73. The van der Waals surface area contributed by atoms with Crippen molar-refractivity contribution in [2.75, 3.05) is 13.2 Å². The van der Waals surface area contributed by atoms with Gasteiger partial charge in [0.1, 0.15) is 11.9 Å². The van der Waals surface area contributed by atoms with Crippen molar-refractivity contribution in [3.05, 3.63) is 29.3 Å². The Kier molecular flexibility index (Phi) is 5.04. The Labute approximate surface area is 141 Å². The maximum absolute atomic E-state index is 12.2. The van der Waals surface area contributed by atoms with Crippen LogP contribution in [0.3, 0.4) is 0 Å². The smallest absolute Gasteiger partial charge is 0.307 e. The van der Waals surface area contributed by atoms with Gasteiger partial charge in [-0.25, -0.2) is 0 Å². The van der Waals surface area contributed by atoms with E-state index in [1.807, 2.05) is 25.1 Å². The van der Waals surface area contributed by atoms with Gasteiger partial charge in [0.15, 0.2) is 0 Å². The minimum atomic E-state index is -0.887. The summed E-state index contributed by atoms with van der Waals surface area (Å²) in [7, 11) is 0. The Balaban J connectivity index is 1.62. The molecule has 2 fully saturated rings. The van der Waals surface area contributed by atoms with Gasteiger partial charge < -0.3 is 19.9 Å². The molecule has 24 heavy (non-hydrogen) atoms. The number of hydrogen-bond donors (Lipinski definition) is 2. The Hall–Kier alpha value is -2.08. The molecule has 0 radical (unpaired) electrons. The summed E-state index contributed by atoms with van der Waals surface area (Å²) in [4.78, 5) is 23.2. The first-order valence-electron chi connectivity index (χ1n) is 8.39. The number of carbonyl (C=O) groups excluding carboxylic acids is 1. The van der Waals surface area contributed by atoms with Crippen molar-refractivity contribution in [1.82, 2.24) is 5.32 Å². The van der Waals surface area contributed by atoms with Crippen LogP contribution in [0.25, 0.3) is 0 Å². The van der Waals surface area contributed by atoms with Crippen molar-refractivity contribution in [1.29, 1.82) is 0 Å². The maximum atomic E-state index is 12.2. The van der Waals surface area contributed by atoms with Gasteiger partial charge in [0.25, 0.3) is 0 Å². The molecule has 3 rings (SSSR count). The summed E-state index contributed by atoms with van der Waals surface area (Å²) in [6.45, 7) is 3.62. The van der Waals surface area contributed by atoms with E-state index in [1.165, 1.54) is 0 Å². The average molecular weight is 333 g/mol. The van der Waals surface area contributed by atoms with E-state index in [9.17, 15) is 9.59 Å². The predicted octanol–water partition coefficient (Wildman–Crippen LogP) is 1.89. The number of carboxylic acid groups (broad SMARTS) is 1. The highest BCUT2D eigenvalue weighted by Crippen LogP contribution is 2.34. The number of rotatable bonds is 6. The Morgan fingerprint density at radius 1 is 1.29 bits per heavy atom. The number of aryl methyl sites for hydroxylation is 1. The highest BCUT2D eigenvalue weighted by atomic mass is 16.5. The summed E-state index contributed by atoms with van der Waals surface area (Å²) in [5.41, 5.74) is 1.98. The van der Waals surface area contributed by atoms with E-state index in [1.54, 1.807) is 0 Å². The van der Waals surface area contributed by atoms with Crippen LogP contribution in [0.5, 0.6) is 5.75 Å². The SMILES string of the molecule is Cc1ccc(CNC(=O)C2CCC2C(=O)O)c(OC2CCOC2)c1. The molecule has 1 saturated heterocycles. The molecule has 3 unspecified atom stereocenters. The second kappa shape index (κ2) is 7.21. The van der Waals surface area contributed by atoms with E-state index in [-0.39, 0.29) is 12.0 Å². The summed E-state index contributed by atoms with van der Waals surface area (Å²) in [5.74, 6) is -1.28. The topological polar surface area (TPSA) is 84.9 Å². The van der Waals surface area contributed by atoms with Crippen LogP contribution in [-0.4, -0.2) is 36.3 Å². The van der Waals surface area contributed by atoms with Gasteiger partial charge in [-0.2, -0.15) is 0 Å². The van der Waals surface area contributed by atoms with Gasteiger partial charge in [0.2, 0.25) is 5.91 Å². The van der Waals surface area contributed by atoms with Crippen LogP contribution in [0.1, 0.15) is 30.4 Å². The molecule has 1 aliphatic carbocycles. The van der Waals surface area contributed by atoms with Crippen LogP contribution >= 0.6 is 0 Å². The van der Waals surface area contributed by atoms with Gasteiger partial charge in [0.05, 0.1) is 25.0 Å². The largest absolute Gasteiger partial charge is 0.488 e. The monoisotopic (exact) mass is 333 g/mol. The van der Waals surface area contributed by atoms with Crippen molar-refractivity contribution < 1.29 is 24.2 Å². The fourth-order valence-corrected chi connectivity index (χ4v) is 3.13. The fraction of sp³-hybridized carbons (Fsp3) is 0.556. The van der Waals surface area contributed by atoms with Crippen LogP contribution in [0, 0.1) is 18.8 Å². The molecule has 0 aromatic heterocycles. The van der Waals surface area contributed by atoms with Gasteiger partial charge >= 0.3 is 5.97 Å². The Morgan fingerprint density at radius 2 is 2.08 bits per heavy atom. The second-order valence-electron chi connectivity index (χ2n) is 6.56. The van der Waals surface area contributed by atoms with Crippen LogP contribution in [0.15, 0.2) is 18.2 Å². The molecule has 2 aliphatic rings. The molecule has 6 nitrogen and oxygen atoms in total. The quantitative estimate of drug-likeness (QED) is 0.830. The molecule has 3 atom stereocenters. The molecular weight excluding hydrogens is 310 g/mol. The van der Waals surface area contributed by atoms with Gasteiger partial charge in [-0.15, -0.1) is 0 Å². The van der Waals surface area contributed by atoms with E-state index < -0.39 is 17.8 Å². The van der Waals surface area contributed by atoms with Gasteiger partial charge in [-0.05, 0) is 31.4 Å². The zero-order valence-corrected chi connectivity index (χ0v) is 13.8. The normalized spacial score (nSPS) is 25.8. The average Bonchev–Trinajstić information content (AvgIpc) is 2.97. The molecule has 1 amide bonds. The second-order valence-corrected chi connectivity index (χ2v) is 6.56. The third kappa shape index (κ3) is 3.70. The van der Waals surface area contributed by atoms with Crippen molar-refractivity contribution in [2.45, 2.75) is 38.8 Å². The Bertz CT molecular complexity index is 624. The standard InChI is InChI=1S/C18H23NO5/c1-11-2-3-12(16(8-11)24-13-6-7-23-10-13)9-19-17(20)14-4-5-15(14)18(21)22/h2-3,8,13-15H,4-7,9-10H2,1H3,(H,19,20)(H,21,22). The van der Waals surface area contributed by atoms with E-state index >= 15 is 0 Å². The molecule has 130 valence electrons. The molecule has 1 heterocycles. The number of hydrogen-bond acceptors (Lipinski definition) is 4. The molecule has 0 spiro atoms. The number of carboxylic acids is 1. The molecule has 1 aliphatic heterocycles. The minimum Gasteiger partial charge on any atom is -0.488 e. The third-order valence-electron chi connectivity index (χ3n) is 4.79. The van der Waals surface area contributed by atoms with Crippen molar-refractivity contribution in [3.63, 3.8) is 0 Å². The van der Waals surface area contributed by atoms with Crippen LogP contribution in [0.2, 0.25) is 0 Å². The molecule has 1 saturated carbocycles. The Morgan fingerprint density at radius 3 is 2.71 bits per heavy atom. The van der Waals surface area contributed by atoms with Crippen LogP contribution < -0.4 is 10.1 Å². The maximum Gasteiger partial charge on any atom is 0.307 e. The number of carbonyl (C=O) groups is 2. The summed E-state index contributed by atoms with van der Waals surface area (Å²) < 4.78 is 11.3. The first-order valence-corrected chi connectivity index (χ1v) is 8.39. The van der Waals surface area contributed by atoms with E-state index in [4.69, 9.17) is 14.6 Å². The number of aliphatic carboxylic acids is 1. The number of nitrogens with one attached hydrogen (secondary N) is 1. The minimum absolute atomic E-state index is 0.0456. The highest BCUT2D eigenvalue weighted by molar-refractivity contribution is 5.86. The fourth-order valence-electron chi connectivity index (χ4n) is 3.13. The first-order chi connectivity index (χ1) is 11.5. The van der Waals surface area contributed by atoms with Crippen molar-refractivity contribution in [2.24, 2.45) is 11.8 Å². The molecule has 6 heteroatoms. The van der Waals surface area contributed by atoms with Crippen molar-refractivity contribution in [3.8, 4) is 5.75 Å². The lowest BCUT2D eigenvalue weighted by molar-refractivity contribution is -0.152. The predicted molar refractivity (Wildman–Crippen MR) is 86.7 cm³/mol. The van der Waals surface area contributed by atoms with Gasteiger partial charge in [0, 0.05) is 18.5 Å². The van der Waals surface area contributed by atoms with Gasteiger partial charge in [-0.3, -0.25) is 9.59 Å². The van der Waals surface area contributed by atoms with E-state index in [0.717, 1.165) is 23.3 Å². The summed E-state index contributed by atoms with van der Waals surface area (Å²) >= 11 is 0. The van der Waals surface area contributed by atoms with Crippen molar-refractivity contribution >= 4 is 11.9 Å². The zero-order chi connectivity index (χ0) is 17.1. The summed E-state index contributed by atoms with van der Waals surface area (Å²) in [6, 6.07) is 5.88. The molecule has 1 aromatic carbocycles. The highest BCUT2D eigenvalue weighted by Gasteiger charge is 2.41. The van der Waals surface area contributed by atoms with Gasteiger partial charge in [-0.1, -0.05) is 12.1 Å². The number of amides is 1. The molecule has 0 bridgehead atoms. The third-order valence-corrected chi connectivity index (χ3v) is 4.79. The van der Waals surface area contributed by atoms with E-state index in [2.05, 4.69) is 5.32 Å². The molecular formula is C18H23NO5. The summed E-state index contributed by atoms with van der Waals surface area (Å²) in [6.07, 6.45) is 2.12. The lowest BCUT2D eigenvalue weighted by Crippen LogP contribution is -2.43. The van der Waals surface area contributed by atoms with E-state index in [0.29, 0.717) is 32.6 Å². The lowest BCUT2D eigenvalue weighted by Gasteiger charge is -2.32. The summed E-state index contributed by atoms with van der Waals surface area (Å²) in [5, 5.41) is 11.9. The number of benzene rings is 1. The van der Waals surface area contributed by atoms with Crippen LogP contribution in [-0.2, 0) is 20.9 Å². The first kappa shape index (κ1) is 16.8. The zero-order valence-electron chi connectivity index (χ0n) is 13.8. The molecule has 2 N–H and O–H groups in total. The van der Waals surface area contributed by atoms with Crippen LogP contribution in [0.4, 0.5) is 0 Å².